The maximum absolute atomic E-state index is 12.4. The Kier molecular flexibility index (Phi) is 4.09. The monoisotopic (exact) mass is 275 g/mol. The van der Waals surface area contributed by atoms with Crippen LogP contribution in [-0.4, -0.2) is 46.3 Å². The molecular formula is C14H21N5O. The second kappa shape index (κ2) is 5.63. The van der Waals surface area contributed by atoms with E-state index in [1.807, 2.05) is 14.0 Å². The molecule has 0 bridgehead atoms. The zero-order valence-corrected chi connectivity index (χ0v) is 12.3. The SMILES string of the molecule is CCc1cc(C(=O)NC2(C#N)CCN(C)CC2)n(C)n1. The third-order valence-electron chi connectivity index (χ3n) is 3.93. The van der Waals surface area contributed by atoms with Gasteiger partial charge < -0.3 is 10.2 Å². The fourth-order valence-electron chi connectivity index (χ4n) is 2.46. The number of piperidine rings is 1. The number of carbonyl (C=O) groups is 1. The molecule has 0 unspecified atom stereocenters. The molecule has 1 aliphatic rings. The second-order valence-corrected chi connectivity index (χ2v) is 5.45. The highest BCUT2D eigenvalue weighted by Gasteiger charge is 2.36. The maximum atomic E-state index is 12.4. The summed E-state index contributed by atoms with van der Waals surface area (Å²) in [7, 11) is 3.78. The molecule has 0 radical (unpaired) electrons. The number of hydrogen-bond acceptors (Lipinski definition) is 4. The number of amides is 1. The smallest absolute Gasteiger partial charge is 0.270 e. The van der Waals surface area contributed by atoms with E-state index >= 15 is 0 Å². The number of rotatable bonds is 3. The Morgan fingerprint density at radius 3 is 2.65 bits per heavy atom. The summed E-state index contributed by atoms with van der Waals surface area (Å²) in [6.45, 7) is 3.64. The standard InChI is InChI=1S/C14H21N5O/c1-4-11-9-12(19(3)17-11)13(20)16-14(10-15)5-7-18(2)8-6-14/h9H,4-8H2,1-3H3,(H,16,20). The molecule has 0 aliphatic carbocycles. The molecule has 0 aromatic carbocycles. The number of likely N-dealkylation sites (tertiary alicyclic amines) is 1. The Morgan fingerprint density at radius 2 is 2.15 bits per heavy atom. The van der Waals surface area contributed by atoms with Gasteiger partial charge in [0.2, 0.25) is 0 Å². The van der Waals surface area contributed by atoms with Crippen molar-refractivity contribution in [3.8, 4) is 6.07 Å². The maximum Gasteiger partial charge on any atom is 0.270 e. The van der Waals surface area contributed by atoms with Gasteiger partial charge in [-0.15, -0.1) is 0 Å². The van der Waals surface area contributed by atoms with Crippen molar-refractivity contribution in [3.63, 3.8) is 0 Å². The van der Waals surface area contributed by atoms with Gasteiger partial charge in [-0.25, -0.2) is 0 Å². The summed E-state index contributed by atoms with van der Waals surface area (Å²) in [5.41, 5.74) is 0.641. The van der Waals surface area contributed by atoms with Crippen LogP contribution >= 0.6 is 0 Å². The minimum absolute atomic E-state index is 0.217. The molecule has 1 aliphatic heterocycles. The second-order valence-electron chi connectivity index (χ2n) is 5.45. The van der Waals surface area contributed by atoms with Gasteiger partial charge >= 0.3 is 0 Å². The number of nitrogens with one attached hydrogen (secondary N) is 1. The number of aryl methyl sites for hydroxylation is 2. The van der Waals surface area contributed by atoms with Gasteiger partial charge in [0.1, 0.15) is 11.2 Å². The lowest BCUT2D eigenvalue weighted by atomic mass is 9.89. The van der Waals surface area contributed by atoms with E-state index in [4.69, 9.17) is 0 Å². The molecule has 0 saturated carbocycles. The summed E-state index contributed by atoms with van der Waals surface area (Å²) in [6.07, 6.45) is 2.10. The van der Waals surface area contributed by atoms with Crippen LogP contribution < -0.4 is 5.32 Å². The van der Waals surface area contributed by atoms with Gasteiger partial charge in [0.25, 0.3) is 5.91 Å². The number of nitrogens with zero attached hydrogens (tertiary/aromatic N) is 4. The average molecular weight is 275 g/mol. The molecule has 1 aromatic rings. The van der Waals surface area contributed by atoms with Crippen LogP contribution in [0.5, 0.6) is 0 Å². The molecule has 108 valence electrons. The van der Waals surface area contributed by atoms with E-state index in [1.54, 1.807) is 17.8 Å². The van der Waals surface area contributed by atoms with Gasteiger partial charge in [0.15, 0.2) is 0 Å². The molecule has 6 heteroatoms. The number of aromatic nitrogens is 2. The third kappa shape index (κ3) is 2.83. The summed E-state index contributed by atoms with van der Waals surface area (Å²) >= 11 is 0. The molecule has 1 aromatic heterocycles. The third-order valence-corrected chi connectivity index (χ3v) is 3.93. The average Bonchev–Trinajstić information content (AvgIpc) is 2.83. The summed E-state index contributed by atoms with van der Waals surface area (Å²) in [5, 5.41) is 16.6. The van der Waals surface area contributed by atoms with Gasteiger partial charge in [0.05, 0.1) is 11.8 Å². The molecule has 2 rings (SSSR count). The molecule has 1 amide bonds. The van der Waals surface area contributed by atoms with Crippen molar-refractivity contribution < 1.29 is 4.79 Å². The van der Waals surface area contributed by atoms with Crippen molar-refractivity contribution in [2.24, 2.45) is 7.05 Å². The molecule has 20 heavy (non-hydrogen) atoms. The van der Waals surface area contributed by atoms with Gasteiger partial charge in [-0.2, -0.15) is 10.4 Å². The van der Waals surface area contributed by atoms with E-state index < -0.39 is 5.54 Å². The number of hydrogen-bond donors (Lipinski definition) is 1. The summed E-state index contributed by atoms with van der Waals surface area (Å²) in [6, 6.07) is 4.08. The number of nitriles is 1. The van der Waals surface area contributed by atoms with Crippen LogP contribution in [0.4, 0.5) is 0 Å². The van der Waals surface area contributed by atoms with Crippen LogP contribution in [0.2, 0.25) is 0 Å². The fraction of sp³-hybridized carbons (Fsp3) is 0.643. The van der Waals surface area contributed by atoms with Gasteiger partial charge in [-0.3, -0.25) is 9.48 Å². The zero-order chi connectivity index (χ0) is 14.8. The Morgan fingerprint density at radius 1 is 1.50 bits per heavy atom. The van der Waals surface area contributed by atoms with Crippen molar-refractivity contribution in [2.75, 3.05) is 20.1 Å². The van der Waals surface area contributed by atoms with Crippen molar-refractivity contribution in [1.29, 1.82) is 5.26 Å². The van der Waals surface area contributed by atoms with Crippen LogP contribution in [0.1, 0.15) is 35.9 Å². The van der Waals surface area contributed by atoms with E-state index in [0.717, 1.165) is 25.2 Å². The van der Waals surface area contributed by atoms with E-state index in [9.17, 15) is 10.1 Å². The Hall–Kier alpha value is -1.87. The van der Waals surface area contributed by atoms with Crippen LogP contribution in [-0.2, 0) is 13.5 Å². The normalized spacial score (nSPS) is 18.5. The number of carbonyl (C=O) groups excluding carboxylic acids is 1. The highest BCUT2D eigenvalue weighted by molar-refractivity contribution is 5.93. The predicted octanol–water partition coefficient (Wildman–Crippen LogP) is 0.700. The van der Waals surface area contributed by atoms with Crippen LogP contribution in [0.25, 0.3) is 0 Å². The lowest BCUT2D eigenvalue weighted by Crippen LogP contribution is -2.54. The molecule has 1 saturated heterocycles. The fourth-order valence-corrected chi connectivity index (χ4v) is 2.46. The predicted molar refractivity (Wildman–Crippen MR) is 75.1 cm³/mol. The quantitative estimate of drug-likeness (QED) is 0.881. The molecule has 1 fully saturated rings. The summed E-state index contributed by atoms with van der Waals surface area (Å²) < 4.78 is 1.58. The van der Waals surface area contributed by atoms with Crippen molar-refractivity contribution >= 4 is 5.91 Å². The largest absolute Gasteiger partial charge is 0.332 e. The van der Waals surface area contributed by atoms with Gasteiger partial charge in [0, 0.05) is 20.1 Å². The molecule has 0 spiro atoms. The summed E-state index contributed by atoms with van der Waals surface area (Å²) in [5.74, 6) is -0.217. The minimum Gasteiger partial charge on any atom is -0.332 e. The first kappa shape index (κ1) is 14.5. The van der Waals surface area contributed by atoms with E-state index in [1.165, 1.54) is 0 Å². The van der Waals surface area contributed by atoms with Gasteiger partial charge in [-0.05, 0) is 32.4 Å². The van der Waals surface area contributed by atoms with Gasteiger partial charge in [-0.1, -0.05) is 6.92 Å². The van der Waals surface area contributed by atoms with Crippen LogP contribution in [0, 0.1) is 11.3 Å². The topological polar surface area (TPSA) is 74.0 Å². The highest BCUT2D eigenvalue weighted by Crippen LogP contribution is 2.21. The van der Waals surface area contributed by atoms with E-state index in [0.29, 0.717) is 18.5 Å². The molecule has 0 atom stereocenters. The molecule has 2 heterocycles. The zero-order valence-electron chi connectivity index (χ0n) is 12.3. The molecule has 6 nitrogen and oxygen atoms in total. The minimum atomic E-state index is -0.750. The Balaban J connectivity index is 2.13. The summed E-state index contributed by atoms with van der Waals surface area (Å²) in [4.78, 5) is 14.5. The van der Waals surface area contributed by atoms with Crippen LogP contribution in [0.15, 0.2) is 6.07 Å². The molecule has 1 N–H and O–H groups in total. The lowest BCUT2D eigenvalue weighted by molar-refractivity contribution is 0.0872. The van der Waals surface area contributed by atoms with E-state index in [-0.39, 0.29) is 5.91 Å². The first-order valence-electron chi connectivity index (χ1n) is 6.95. The van der Waals surface area contributed by atoms with Crippen molar-refractivity contribution in [1.82, 2.24) is 20.0 Å². The first-order chi connectivity index (χ1) is 9.49. The molecular weight excluding hydrogens is 254 g/mol. The van der Waals surface area contributed by atoms with E-state index in [2.05, 4.69) is 21.4 Å². The first-order valence-corrected chi connectivity index (χ1v) is 6.95. The Labute approximate surface area is 119 Å². The Bertz CT molecular complexity index is 534. The van der Waals surface area contributed by atoms with Crippen molar-refractivity contribution in [2.45, 2.75) is 31.7 Å². The van der Waals surface area contributed by atoms with Crippen molar-refractivity contribution in [3.05, 3.63) is 17.5 Å². The lowest BCUT2D eigenvalue weighted by Gasteiger charge is -2.35. The van der Waals surface area contributed by atoms with Crippen LogP contribution in [0.3, 0.4) is 0 Å². The highest BCUT2D eigenvalue weighted by atomic mass is 16.2.